The van der Waals surface area contributed by atoms with Gasteiger partial charge in [-0.15, -0.1) is 11.6 Å². The number of nitrogens with zero attached hydrogens (tertiary/aromatic N) is 4. The third kappa shape index (κ3) is 2.52. The van der Waals surface area contributed by atoms with Gasteiger partial charge in [0, 0.05) is 7.05 Å². The van der Waals surface area contributed by atoms with Crippen molar-refractivity contribution in [1.29, 1.82) is 0 Å². The van der Waals surface area contributed by atoms with Gasteiger partial charge in [-0.2, -0.15) is 5.10 Å². The van der Waals surface area contributed by atoms with Gasteiger partial charge in [-0.05, 0) is 19.8 Å². The Morgan fingerprint density at radius 3 is 2.43 bits per heavy atom. The van der Waals surface area contributed by atoms with Crippen LogP contribution < -0.4 is 0 Å². The molecule has 0 N–H and O–H groups in total. The number of alkyl halides is 1. The molecule has 2 atom stereocenters. The van der Waals surface area contributed by atoms with E-state index in [9.17, 15) is 4.79 Å². The number of rotatable bonds is 4. The third-order valence-electron chi connectivity index (χ3n) is 3.57. The van der Waals surface area contributed by atoms with Gasteiger partial charge in [0.05, 0.1) is 18.2 Å². The van der Waals surface area contributed by atoms with Crippen LogP contribution in [0.25, 0.3) is 11.2 Å². The van der Waals surface area contributed by atoms with Crippen LogP contribution in [-0.2, 0) is 16.6 Å². The summed E-state index contributed by atoms with van der Waals surface area (Å²) in [5.41, 5.74) is 2.38. The quantitative estimate of drug-likeness (QED) is 0.643. The Kier molecular flexibility index (Phi) is 4.27. The van der Waals surface area contributed by atoms with Crippen molar-refractivity contribution in [2.75, 3.05) is 7.11 Å². The fourth-order valence-corrected chi connectivity index (χ4v) is 2.82. The molecule has 6 nitrogen and oxygen atoms in total. The Bertz CT molecular complexity index is 672. The fraction of sp³-hybridized carbons (Fsp3) is 0.643. The smallest absolute Gasteiger partial charge is 0.329 e. The van der Waals surface area contributed by atoms with Gasteiger partial charge in [0.1, 0.15) is 17.4 Å². The molecular formula is C14H21ClN4O2. The predicted octanol–water partition coefficient (Wildman–Crippen LogP) is 2.75. The van der Waals surface area contributed by atoms with Crippen LogP contribution in [0.2, 0.25) is 0 Å². The van der Waals surface area contributed by atoms with E-state index >= 15 is 0 Å². The maximum absolute atomic E-state index is 12.2. The minimum Gasteiger partial charge on any atom is -0.467 e. The molecule has 2 heterocycles. The van der Waals surface area contributed by atoms with E-state index in [1.165, 1.54) is 7.11 Å². The van der Waals surface area contributed by atoms with Gasteiger partial charge in [-0.1, -0.05) is 13.8 Å². The number of esters is 1. The van der Waals surface area contributed by atoms with Gasteiger partial charge in [0.25, 0.3) is 0 Å². The molecule has 0 amide bonds. The number of aromatic nitrogens is 4. The number of aryl methyl sites for hydroxylation is 2. The molecule has 0 spiro atoms. The van der Waals surface area contributed by atoms with Crippen LogP contribution in [0.4, 0.5) is 0 Å². The zero-order valence-electron chi connectivity index (χ0n) is 13.2. The van der Waals surface area contributed by atoms with E-state index in [1.54, 1.807) is 4.68 Å². The first-order chi connectivity index (χ1) is 9.79. The molecule has 2 aromatic rings. The highest BCUT2D eigenvalue weighted by molar-refractivity contribution is 6.20. The molecule has 0 bridgehead atoms. The summed E-state index contributed by atoms with van der Waals surface area (Å²) in [6.07, 6.45) is 0. The van der Waals surface area contributed by atoms with Crippen LogP contribution in [-0.4, -0.2) is 32.4 Å². The molecular weight excluding hydrogens is 292 g/mol. The topological polar surface area (TPSA) is 61.9 Å². The first-order valence-corrected chi connectivity index (χ1v) is 7.36. The number of imidazole rings is 1. The maximum Gasteiger partial charge on any atom is 0.329 e. The highest BCUT2D eigenvalue weighted by Gasteiger charge is 2.32. The van der Waals surface area contributed by atoms with Gasteiger partial charge < -0.3 is 4.74 Å². The minimum absolute atomic E-state index is 0.0409. The van der Waals surface area contributed by atoms with Crippen molar-refractivity contribution in [2.24, 2.45) is 13.0 Å². The highest BCUT2D eigenvalue weighted by Crippen LogP contribution is 2.32. The molecule has 0 saturated heterocycles. The maximum atomic E-state index is 12.2. The number of carbonyl (C=O) groups is 1. The normalized spacial score (nSPS) is 14.7. The third-order valence-corrected chi connectivity index (χ3v) is 3.77. The van der Waals surface area contributed by atoms with Crippen LogP contribution in [0.3, 0.4) is 0 Å². The SMILES string of the molecule is COC(=O)C(C(C)C)n1c(C(C)Cl)nc2c(C)nn(C)c21. The van der Waals surface area contributed by atoms with Crippen LogP contribution in [0.15, 0.2) is 0 Å². The summed E-state index contributed by atoms with van der Waals surface area (Å²) in [6, 6.07) is -0.481. The Balaban J connectivity index is 2.80. The number of methoxy groups -OCH3 is 1. The Labute approximate surface area is 129 Å². The molecule has 0 fully saturated rings. The molecule has 2 aromatic heterocycles. The predicted molar refractivity (Wildman–Crippen MR) is 81.4 cm³/mol. The number of hydrogen-bond donors (Lipinski definition) is 0. The summed E-state index contributed by atoms with van der Waals surface area (Å²) < 4.78 is 8.57. The van der Waals surface area contributed by atoms with Crippen molar-refractivity contribution in [3.05, 3.63) is 11.5 Å². The van der Waals surface area contributed by atoms with E-state index in [4.69, 9.17) is 16.3 Å². The summed E-state index contributed by atoms with van der Waals surface area (Å²) in [6.45, 7) is 7.68. The van der Waals surface area contributed by atoms with Crippen LogP contribution >= 0.6 is 11.6 Å². The van der Waals surface area contributed by atoms with Crippen molar-refractivity contribution in [3.8, 4) is 0 Å². The number of fused-ring (bicyclic) bond motifs is 1. The molecule has 7 heteroatoms. The second kappa shape index (κ2) is 5.67. The van der Waals surface area contributed by atoms with Crippen LogP contribution in [0.1, 0.15) is 43.7 Å². The summed E-state index contributed by atoms with van der Waals surface area (Å²) >= 11 is 6.27. The van der Waals surface area contributed by atoms with Gasteiger partial charge >= 0.3 is 5.97 Å². The summed E-state index contributed by atoms with van der Waals surface area (Å²) in [7, 11) is 3.23. The van der Waals surface area contributed by atoms with E-state index in [1.807, 2.05) is 39.3 Å². The van der Waals surface area contributed by atoms with Gasteiger partial charge in [0.15, 0.2) is 5.65 Å². The molecule has 0 aliphatic rings. The fourth-order valence-electron chi connectivity index (χ4n) is 2.66. The molecule has 2 rings (SSSR count). The Morgan fingerprint density at radius 2 is 1.95 bits per heavy atom. The molecule has 21 heavy (non-hydrogen) atoms. The lowest BCUT2D eigenvalue weighted by atomic mass is 10.0. The number of halogens is 1. The van der Waals surface area contributed by atoms with Gasteiger partial charge in [-0.3, -0.25) is 9.25 Å². The number of carbonyl (C=O) groups excluding carboxylic acids is 1. The van der Waals surface area contributed by atoms with E-state index in [-0.39, 0.29) is 17.3 Å². The molecule has 0 aliphatic carbocycles. The number of hydrogen-bond acceptors (Lipinski definition) is 4. The summed E-state index contributed by atoms with van der Waals surface area (Å²) in [5.74, 6) is 0.396. The monoisotopic (exact) mass is 312 g/mol. The van der Waals surface area contributed by atoms with Crippen molar-refractivity contribution in [1.82, 2.24) is 19.3 Å². The second-order valence-corrected chi connectivity index (χ2v) is 6.20. The van der Waals surface area contributed by atoms with Crippen LogP contribution in [0, 0.1) is 12.8 Å². The zero-order chi connectivity index (χ0) is 15.9. The molecule has 116 valence electrons. The second-order valence-electron chi connectivity index (χ2n) is 5.55. The average Bonchev–Trinajstić information content (AvgIpc) is 2.89. The molecule has 0 aromatic carbocycles. The average molecular weight is 313 g/mol. The first kappa shape index (κ1) is 15.8. The summed E-state index contributed by atoms with van der Waals surface area (Å²) in [5, 5.41) is 4.06. The number of ether oxygens (including phenoxy) is 1. The molecule has 0 radical (unpaired) electrons. The van der Waals surface area contributed by atoms with Gasteiger partial charge in [0.2, 0.25) is 0 Å². The van der Waals surface area contributed by atoms with E-state index < -0.39 is 6.04 Å². The van der Waals surface area contributed by atoms with E-state index in [2.05, 4.69) is 10.1 Å². The minimum atomic E-state index is -0.481. The molecule has 0 aliphatic heterocycles. The van der Waals surface area contributed by atoms with Crippen molar-refractivity contribution in [3.63, 3.8) is 0 Å². The first-order valence-electron chi connectivity index (χ1n) is 6.92. The Hall–Kier alpha value is -1.56. The summed E-state index contributed by atoms with van der Waals surface area (Å²) in [4.78, 5) is 16.8. The zero-order valence-corrected chi connectivity index (χ0v) is 14.0. The highest BCUT2D eigenvalue weighted by atomic mass is 35.5. The van der Waals surface area contributed by atoms with Gasteiger partial charge in [-0.25, -0.2) is 9.78 Å². The van der Waals surface area contributed by atoms with E-state index in [0.29, 0.717) is 5.82 Å². The van der Waals surface area contributed by atoms with Crippen LogP contribution in [0.5, 0.6) is 0 Å². The van der Waals surface area contributed by atoms with E-state index in [0.717, 1.165) is 16.9 Å². The lowest BCUT2D eigenvalue weighted by Crippen LogP contribution is -2.28. The molecule has 2 unspecified atom stereocenters. The van der Waals surface area contributed by atoms with Crippen molar-refractivity contribution in [2.45, 2.75) is 39.1 Å². The standard InChI is InChI=1S/C14H21ClN4O2/c1-7(2)11(14(20)21-6)19-12(8(3)15)16-10-9(4)17-18(5)13(10)19/h7-8,11H,1-6H3. The largest absolute Gasteiger partial charge is 0.467 e. The molecule has 0 saturated carbocycles. The van der Waals surface area contributed by atoms with Crippen molar-refractivity contribution < 1.29 is 9.53 Å². The lowest BCUT2D eigenvalue weighted by molar-refractivity contribution is -0.146. The Morgan fingerprint density at radius 1 is 1.33 bits per heavy atom. The van der Waals surface area contributed by atoms with Crippen molar-refractivity contribution >= 4 is 28.7 Å². The lowest BCUT2D eigenvalue weighted by Gasteiger charge is -2.23.